The van der Waals surface area contributed by atoms with Crippen molar-refractivity contribution in [3.63, 3.8) is 0 Å². The average Bonchev–Trinajstić information content (AvgIpc) is 2.89. The van der Waals surface area contributed by atoms with Crippen LogP contribution in [0.4, 0.5) is 8.78 Å². The molecule has 0 aliphatic heterocycles. The van der Waals surface area contributed by atoms with E-state index >= 15 is 0 Å². The first kappa shape index (κ1) is 14.2. The van der Waals surface area contributed by atoms with Crippen LogP contribution in [-0.4, -0.2) is 6.04 Å². The maximum Gasteiger partial charge on any atom is 0.263 e. The van der Waals surface area contributed by atoms with Gasteiger partial charge in [-0.3, -0.25) is 0 Å². The summed E-state index contributed by atoms with van der Waals surface area (Å²) in [5.41, 5.74) is 2.44. The Bertz CT molecular complexity index is 479. The molecule has 1 nitrogen and oxygen atoms in total. The third-order valence-electron chi connectivity index (χ3n) is 3.01. The second kappa shape index (κ2) is 6.78. The zero-order chi connectivity index (χ0) is 13.7. The second-order valence-corrected chi connectivity index (χ2v) is 5.44. The highest BCUT2D eigenvalue weighted by Crippen LogP contribution is 2.18. The van der Waals surface area contributed by atoms with Gasteiger partial charge in [-0.2, -0.15) is 11.3 Å². The van der Waals surface area contributed by atoms with E-state index in [1.165, 1.54) is 17.7 Å². The Morgan fingerprint density at radius 1 is 1.11 bits per heavy atom. The fourth-order valence-corrected chi connectivity index (χ4v) is 2.59. The second-order valence-electron chi connectivity index (χ2n) is 4.66. The van der Waals surface area contributed by atoms with Gasteiger partial charge < -0.3 is 5.32 Å². The number of halogens is 2. The summed E-state index contributed by atoms with van der Waals surface area (Å²) in [6, 6.07) is 8.98. The summed E-state index contributed by atoms with van der Waals surface area (Å²) in [6.45, 7) is 2.83. The minimum Gasteiger partial charge on any atom is -0.310 e. The molecule has 102 valence electrons. The Balaban J connectivity index is 1.81. The highest BCUT2D eigenvalue weighted by Gasteiger charge is 2.07. The van der Waals surface area contributed by atoms with E-state index in [1.54, 1.807) is 23.5 Å². The predicted molar refractivity (Wildman–Crippen MR) is 75.7 cm³/mol. The molecule has 1 heterocycles. The van der Waals surface area contributed by atoms with Gasteiger partial charge in [0.25, 0.3) is 6.43 Å². The van der Waals surface area contributed by atoms with E-state index < -0.39 is 6.43 Å². The lowest BCUT2D eigenvalue weighted by Gasteiger charge is -2.13. The molecule has 1 aromatic carbocycles. The van der Waals surface area contributed by atoms with Crippen LogP contribution < -0.4 is 5.32 Å². The largest absolute Gasteiger partial charge is 0.310 e. The fourth-order valence-electron chi connectivity index (χ4n) is 1.91. The van der Waals surface area contributed by atoms with Gasteiger partial charge in [0.15, 0.2) is 0 Å². The van der Waals surface area contributed by atoms with Gasteiger partial charge >= 0.3 is 0 Å². The number of rotatable bonds is 6. The zero-order valence-electron chi connectivity index (χ0n) is 10.8. The number of thiophene rings is 1. The highest BCUT2D eigenvalue weighted by molar-refractivity contribution is 7.07. The van der Waals surface area contributed by atoms with Crippen molar-refractivity contribution in [3.8, 4) is 0 Å². The molecule has 0 amide bonds. The first-order valence-electron chi connectivity index (χ1n) is 6.26. The summed E-state index contributed by atoms with van der Waals surface area (Å²) in [5.74, 6) is 0. The maximum atomic E-state index is 12.4. The molecule has 0 aliphatic carbocycles. The Kier molecular flexibility index (Phi) is 5.05. The monoisotopic (exact) mass is 281 g/mol. The molecule has 0 radical (unpaired) electrons. The zero-order valence-corrected chi connectivity index (χ0v) is 11.6. The van der Waals surface area contributed by atoms with Crippen LogP contribution in [0.5, 0.6) is 0 Å². The van der Waals surface area contributed by atoms with Crippen molar-refractivity contribution in [2.24, 2.45) is 0 Å². The first-order valence-corrected chi connectivity index (χ1v) is 7.21. The lowest BCUT2D eigenvalue weighted by Crippen LogP contribution is -2.27. The first-order chi connectivity index (χ1) is 9.15. The molecule has 0 bridgehead atoms. The predicted octanol–water partition coefficient (Wildman–Crippen LogP) is 4.41. The van der Waals surface area contributed by atoms with Gasteiger partial charge in [0, 0.05) is 18.2 Å². The third-order valence-corrected chi connectivity index (χ3v) is 3.74. The molecule has 0 aliphatic rings. The van der Waals surface area contributed by atoms with Crippen LogP contribution in [0.3, 0.4) is 0 Å². The average molecular weight is 281 g/mol. The molecule has 19 heavy (non-hydrogen) atoms. The molecule has 1 N–H and O–H groups in total. The van der Waals surface area contributed by atoms with E-state index in [4.69, 9.17) is 0 Å². The van der Waals surface area contributed by atoms with Crippen LogP contribution >= 0.6 is 11.3 Å². The van der Waals surface area contributed by atoms with E-state index in [1.807, 2.05) is 0 Å². The maximum absolute atomic E-state index is 12.4. The Morgan fingerprint density at radius 2 is 1.84 bits per heavy atom. The molecular formula is C15H17F2NS. The fraction of sp³-hybridized carbons (Fsp3) is 0.333. The van der Waals surface area contributed by atoms with Crippen molar-refractivity contribution in [1.29, 1.82) is 0 Å². The van der Waals surface area contributed by atoms with Crippen molar-refractivity contribution in [3.05, 3.63) is 57.8 Å². The minimum absolute atomic E-state index is 0.0788. The van der Waals surface area contributed by atoms with Crippen LogP contribution in [0.2, 0.25) is 0 Å². The van der Waals surface area contributed by atoms with E-state index in [9.17, 15) is 8.78 Å². The van der Waals surface area contributed by atoms with Gasteiger partial charge in [-0.05, 0) is 41.3 Å². The molecule has 1 atom stereocenters. The summed E-state index contributed by atoms with van der Waals surface area (Å²) >= 11 is 1.70. The molecule has 0 fully saturated rings. The van der Waals surface area contributed by atoms with E-state index in [0.29, 0.717) is 12.6 Å². The smallest absolute Gasteiger partial charge is 0.263 e. The third kappa shape index (κ3) is 4.40. The Hall–Kier alpha value is -1.26. The molecule has 0 spiro atoms. The molecule has 4 heteroatoms. The Labute approximate surface area is 116 Å². The molecule has 1 aromatic heterocycles. The summed E-state index contributed by atoms with van der Waals surface area (Å²) in [6.07, 6.45) is -1.40. The van der Waals surface area contributed by atoms with Crippen LogP contribution in [0.25, 0.3) is 0 Å². The molecule has 2 aromatic rings. The standard InChI is InChI=1S/C15H17F2NS/c1-11(8-13-6-7-19-10-13)18-9-12-2-4-14(5-3-12)15(16)17/h2-7,10-11,15,18H,8-9H2,1H3. The number of hydrogen-bond donors (Lipinski definition) is 1. The van der Waals surface area contributed by atoms with Crippen molar-refractivity contribution >= 4 is 11.3 Å². The van der Waals surface area contributed by atoms with Crippen molar-refractivity contribution < 1.29 is 8.78 Å². The van der Waals surface area contributed by atoms with Gasteiger partial charge in [0.05, 0.1) is 0 Å². The van der Waals surface area contributed by atoms with Gasteiger partial charge in [-0.15, -0.1) is 0 Å². The molecule has 2 rings (SSSR count). The summed E-state index contributed by atoms with van der Waals surface area (Å²) in [4.78, 5) is 0. The molecule has 0 saturated heterocycles. The quantitative estimate of drug-likeness (QED) is 0.827. The van der Waals surface area contributed by atoms with Crippen molar-refractivity contribution in [1.82, 2.24) is 5.32 Å². The highest BCUT2D eigenvalue weighted by atomic mass is 32.1. The number of hydrogen-bond acceptors (Lipinski definition) is 2. The topological polar surface area (TPSA) is 12.0 Å². The normalized spacial score (nSPS) is 12.8. The van der Waals surface area contributed by atoms with E-state index in [2.05, 4.69) is 29.1 Å². The lowest BCUT2D eigenvalue weighted by atomic mass is 10.1. The van der Waals surface area contributed by atoms with Crippen LogP contribution in [0.1, 0.15) is 30.0 Å². The molecule has 0 saturated carbocycles. The van der Waals surface area contributed by atoms with Gasteiger partial charge in [0.2, 0.25) is 0 Å². The van der Waals surface area contributed by atoms with Crippen LogP contribution in [0, 0.1) is 0 Å². The van der Waals surface area contributed by atoms with Gasteiger partial charge in [-0.25, -0.2) is 8.78 Å². The van der Waals surface area contributed by atoms with E-state index in [0.717, 1.165) is 12.0 Å². The lowest BCUT2D eigenvalue weighted by molar-refractivity contribution is 0.151. The van der Waals surface area contributed by atoms with Crippen LogP contribution in [-0.2, 0) is 13.0 Å². The van der Waals surface area contributed by atoms with Crippen molar-refractivity contribution in [2.75, 3.05) is 0 Å². The van der Waals surface area contributed by atoms with Crippen LogP contribution in [0.15, 0.2) is 41.1 Å². The number of benzene rings is 1. The van der Waals surface area contributed by atoms with E-state index in [-0.39, 0.29) is 5.56 Å². The Morgan fingerprint density at radius 3 is 2.42 bits per heavy atom. The summed E-state index contributed by atoms with van der Waals surface area (Å²) in [5, 5.41) is 7.63. The van der Waals surface area contributed by atoms with Gasteiger partial charge in [0.1, 0.15) is 0 Å². The molecular weight excluding hydrogens is 264 g/mol. The number of alkyl halides is 2. The SMILES string of the molecule is CC(Cc1ccsc1)NCc1ccc(C(F)F)cc1. The van der Waals surface area contributed by atoms with Crippen molar-refractivity contribution in [2.45, 2.75) is 32.4 Å². The molecule has 1 unspecified atom stereocenters. The summed E-state index contributed by atoms with van der Waals surface area (Å²) < 4.78 is 24.8. The van der Waals surface area contributed by atoms with Gasteiger partial charge in [-0.1, -0.05) is 24.3 Å². The number of nitrogens with one attached hydrogen (secondary N) is 1. The minimum atomic E-state index is -2.39. The summed E-state index contributed by atoms with van der Waals surface area (Å²) in [7, 11) is 0.